The molecule has 1 heterocycles. The topological polar surface area (TPSA) is 15.3 Å². The minimum Gasteiger partial charge on any atom is -0.311 e. The van der Waals surface area contributed by atoms with E-state index >= 15 is 0 Å². The molecule has 4 heteroatoms. The van der Waals surface area contributed by atoms with Crippen LogP contribution in [0.25, 0.3) is 0 Å². The van der Waals surface area contributed by atoms with Crippen LogP contribution in [0.5, 0.6) is 0 Å². The van der Waals surface area contributed by atoms with Crippen LogP contribution < -0.4 is 5.32 Å². The highest BCUT2D eigenvalue weighted by atomic mass is 79.9. The Hall–Kier alpha value is -0.450. The van der Waals surface area contributed by atoms with Crippen molar-refractivity contribution < 1.29 is 4.39 Å². The zero-order chi connectivity index (χ0) is 15.4. The molecule has 1 saturated heterocycles. The summed E-state index contributed by atoms with van der Waals surface area (Å²) in [4.78, 5) is 2.53. The van der Waals surface area contributed by atoms with E-state index in [0.717, 1.165) is 31.6 Å². The summed E-state index contributed by atoms with van der Waals surface area (Å²) >= 11 is 3.40. The maximum Gasteiger partial charge on any atom is 0.137 e. The molecule has 1 aromatic carbocycles. The van der Waals surface area contributed by atoms with Crippen molar-refractivity contribution in [2.24, 2.45) is 5.92 Å². The minimum atomic E-state index is -0.172. The van der Waals surface area contributed by atoms with Gasteiger partial charge in [0, 0.05) is 31.7 Å². The lowest BCUT2D eigenvalue weighted by molar-refractivity contribution is 0.0830. The van der Waals surface area contributed by atoms with E-state index < -0.39 is 0 Å². The first kappa shape index (κ1) is 16.9. The van der Waals surface area contributed by atoms with Crippen LogP contribution in [0, 0.1) is 11.7 Å². The Morgan fingerprint density at radius 1 is 1.43 bits per heavy atom. The van der Waals surface area contributed by atoms with Gasteiger partial charge >= 0.3 is 0 Å². The zero-order valence-corrected chi connectivity index (χ0v) is 14.8. The van der Waals surface area contributed by atoms with E-state index in [4.69, 9.17) is 0 Å². The van der Waals surface area contributed by atoms with Gasteiger partial charge in [0.1, 0.15) is 5.82 Å². The lowest BCUT2D eigenvalue weighted by Gasteiger charge is -2.43. The lowest BCUT2D eigenvalue weighted by atomic mass is 9.93. The molecule has 1 aromatic rings. The van der Waals surface area contributed by atoms with E-state index in [9.17, 15) is 4.39 Å². The molecule has 0 radical (unpaired) electrons. The van der Waals surface area contributed by atoms with Crippen LogP contribution in [0.15, 0.2) is 22.7 Å². The van der Waals surface area contributed by atoms with E-state index in [1.807, 2.05) is 6.07 Å². The first-order chi connectivity index (χ1) is 10.1. The molecule has 0 amide bonds. The molecular formula is C17H26BrFN2. The third kappa shape index (κ3) is 4.05. The summed E-state index contributed by atoms with van der Waals surface area (Å²) in [5.74, 6) is 0.470. The normalized spacial score (nSPS) is 25.0. The maximum absolute atomic E-state index is 13.7. The second kappa shape index (κ2) is 7.70. The molecule has 0 spiro atoms. The average Bonchev–Trinajstić information content (AvgIpc) is 2.51. The smallest absolute Gasteiger partial charge is 0.137 e. The monoisotopic (exact) mass is 356 g/mol. The van der Waals surface area contributed by atoms with Gasteiger partial charge in [-0.3, -0.25) is 4.90 Å². The molecule has 2 rings (SSSR count). The standard InChI is InChI=1S/C17H26BrFN2/c1-4-12(3)16-9-20-14(5-2)11-21(16)10-13-7-6-8-15(19)17(13)18/h6-8,12,14,16,20H,4-5,9-11H2,1-3H3. The van der Waals surface area contributed by atoms with Gasteiger partial charge in [0.2, 0.25) is 0 Å². The van der Waals surface area contributed by atoms with Gasteiger partial charge in [-0.05, 0) is 39.9 Å². The Labute approximate surface area is 136 Å². The first-order valence-corrected chi connectivity index (χ1v) is 8.76. The van der Waals surface area contributed by atoms with Gasteiger partial charge in [-0.25, -0.2) is 4.39 Å². The SMILES string of the molecule is CCC1CN(Cc2cccc(F)c2Br)C(C(C)CC)CN1. The second-order valence-electron chi connectivity index (χ2n) is 6.11. The molecule has 1 N–H and O–H groups in total. The first-order valence-electron chi connectivity index (χ1n) is 7.97. The van der Waals surface area contributed by atoms with Crippen LogP contribution in [0.1, 0.15) is 39.2 Å². The van der Waals surface area contributed by atoms with E-state index in [1.54, 1.807) is 6.07 Å². The predicted molar refractivity (Wildman–Crippen MR) is 89.8 cm³/mol. The molecule has 0 aromatic heterocycles. The van der Waals surface area contributed by atoms with Gasteiger partial charge in [0.25, 0.3) is 0 Å². The number of piperazine rings is 1. The van der Waals surface area contributed by atoms with Crippen molar-refractivity contribution in [3.05, 3.63) is 34.1 Å². The quantitative estimate of drug-likeness (QED) is 0.850. The molecular weight excluding hydrogens is 331 g/mol. The fourth-order valence-electron chi connectivity index (χ4n) is 3.08. The number of hydrogen-bond acceptors (Lipinski definition) is 2. The molecule has 1 fully saturated rings. The van der Waals surface area contributed by atoms with Crippen molar-refractivity contribution >= 4 is 15.9 Å². The van der Waals surface area contributed by atoms with E-state index in [2.05, 4.69) is 46.9 Å². The zero-order valence-electron chi connectivity index (χ0n) is 13.2. The molecule has 3 unspecified atom stereocenters. The van der Waals surface area contributed by atoms with Crippen molar-refractivity contribution in [2.45, 2.75) is 52.2 Å². The molecule has 3 atom stereocenters. The Morgan fingerprint density at radius 2 is 2.19 bits per heavy atom. The van der Waals surface area contributed by atoms with E-state index in [0.29, 0.717) is 22.5 Å². The third-order valence-electron chi connectivity index (χ3n) is 4.74. The predicted octanol–water partition coefficient (Wildman–Crippen LogP) is 4.19. The fourth-order valence-corrected chi connectivity index (χ4v) is 3.47. The van der Waals surface area contributed by atoms with Crippen LogP contribution in [0.3, 0.4) is 0 Å². The van der Waals surface area contributed by atoms with Crippen LogP contribution in [-0.2, 0) is 6.54 Å². The summed E-state index contributed by atoms with van der Waals surface area (Å²) in [6.07, 6.45) is 2.30. The van der Waals surface area contributed by atoms with Crippen LogP contribution in [0.4, 0.5) is 4.39 Å². The van der Waals surface area contributed by atoms with Crippen molar-refractivity contribution in [1.29, 1.82) is 0 Å². The van der Waals surface area contributed by atoms with E-state index in [1.165, 1.54) is 12.5 Å². The highest BCUT2D eigenvalue weighted by molar-refractivity contribution is 9.10. The summed E-state index contributed by atoms with van der Waals surface area (Å²) in [5, 5.41) is 3.65. The number of halogens is 2. The van der Waals surface area contributed by atoms with E-state index in [-0.39, 0.29) is 5.82 Å². The van der Waals surface area contributed by atoms with Crippen LogP contribution >= 0.6 is 15.9 Å². The number of nitrogens with zero attached hydrogens (tertiary/aromatic N) is 1. The van der Waals surface area contributed by atoms with Crippen LogP contribution in [-0.4, -0.2) is 30.1 Å². The van der Waals surface area contributed by atoms with Gasteiger partial charge in [-0.1, -0.05) is 39.3 Å². The maximum atomic E-state index is 13.7. The van der Waals surface area contributed by atoms with Gasteiger partial charge in [0.05, 0.1) is 4.47 Å². The minimum absolute atomic E-state index is 0.172. The fraction of sp³-hybridized carbons (Fsp3) is 0.647. The van der Waals surface area contributed by atoms with Gasteiger partial charge in [0.15, 0.2) is 0 Å². The average molecular weight is 357 g/mol. The third-order valence-corrected chi connectivity index (χ3v) is 5.63. The van der Waals surface area contributed by atoms with Crippen molar-refractivity contribution in [2.75, 3.05) is 13.1 Å². The van der Waals surface area contributed by atoms with Gasteiger partial charge < -0.3 is 5.32 Å². The Balaban J connectivity index is 2.17. The van der Waals surface area contributed by atoms with Gasteiger partial charge in [-0.2, -0.15) is 0 Å². The number of rotatable bonds is 5. The summed E-state index contributed by atoms with van der Waals surface area (Å²) in [5.41, 5.74) is 1.04. The Kier molecular flexibility index (Phi) is 6.20. The van der Waals surface area contributed by atoms with Crippen molar-refractivity contribution in [3.8, 4) is 0 Å². The Morgan fingerprint density at radius 3 is 2.86 bits per heavy atom. The molecule has 21 heavy (non-hydrogen) atoms. The number of nitrogens with one attached hydrogen (secondary N) is 1. The number of hydrogen-bond donors (Lipinski definition) is 1. The molecule has 0 bridgehead atoms. The van der Waals surface area contributed by atoms with Crippen LogP contribution in [0.2, 0.25) is 0 Å². The second-order valence-corrected chi connectivity index (χ2v) is 6.90. The van der Waals surface area contributed by atoms with Crippen molar-refractivity contribution in [3.63, 3.8) is 0 Å². The lowest BCUT2D eigenvalue weighted by Crippen LogP contribution is -2.57. The van der Waals surface area contributed by atoms with Crippen molar-refractivity contribution in [1.82, 2.24) is 10.2 Å². The number of benzene rings is 1. The molecule has 1 aliphatic heterocycles. The van der Waals surface area contributed by atoms with Gasteiger partial charge in [-0.15, -0.1) is 0 Å². The summed E-state index contributed by atoms with van der Waals surface area (Å²) < 4.78 is 14.3. The largest absolute Gasteiger partial charge is 0.311 e. The Bertz CT molecular complexity index is 466. The molecule has 0 saturated carbocycles. The summed E-state index contributed by atoms with van der Waals surface area (Å²) in [6, 6.07) is 6.38. The molecule has 118 valence electrons. The molecule has 1 aliphatic rings. The summed E-state index contributed by atoms with van der Waals surface area (Å²) in [7, 11) is 0. The molecule has 2 nitrogen and oxygen atoms in total. The molecule has 0 aliphatic carbocycles. The highest BCUT2D eigenvalue weighted by Crippen LogP contribution is 2.26. The highest BCUT2D eigenvalue weighted by Gasteiger charge is 2.30. The summed E-state index contributed by atoms with van der Waals surface area (Å²) in [6.45, 7) is 9.65.